The van der Waals surface area contributed by atoms with Gasteiger partial charge in [-0.3, -0.25) is 0 Å². The van der Waals surface area contributed by atoms with E-state index in [4.69, 9.17) is 9.44 Å². The van der Waals surface area contributed by atoms with Crippen LogP contribution in [-0.4, -0.2) is 24.1 Å². The number of aryl methyl sites for hydroxylation is 1. The molecule has 2 rings (SSSR count). The molecule has 0 saturated carbocycles. The highest BCUT2D eigenvalue weighted by Gasteiger charge is 2.23. The number of nitrogens with zero attached hydrogens (tertiary/aromatic N) is 2. The highest BCUT2D eigenvalue weighted by atomic mass is 32.2. The summed E-state index contributed by atoms with van der Waals surface area (Å²) >= 11 is 1.40. The van der Waals surface area contributed by atoms with Crippen LogP contribution in [0.15, 0.2) is 24.3 Å². The second kappa shape index (κ2) is 5.99. The van der Waals surface area contributed by atoms with Gasteiger partial charge in [-0.15, -0.1) is 0 Å². The Morgan fingerprint density at radius 2 is 2.06 bits per heavy atom. The van der Waals surface area contributed by atoms with Gasteiger partial charge < -0.3 is 4.18 Å². The van der Waals surface area contributed by atoms with Crippen LogP contribution in [0.25, 0.3) is 0 Å². The molecule has 0 N–H and O–H groups in total. The summed E-state index contributed by atoms with van der Waals surface area (Å²) in [7, 11) is 0. The maximum absolute atomic E-state index is 8.82. The van der Waals surface area contributed by atoms with Crippen molar-refractivity contribution in [3.05, 3.63) is 29.8 Å². The van der Waals surface area contributed by atoms with Gasteiger partial charge in [-0.05, 0) is 31.2 Å². The number of benzene rings is 1. The van der Waals surface area contributed by atoms with Crippen molar-refractivity contribution in [1.29, 1.82) is 5.26 Å². The molecule has 1 aliphatic rings. The number of para-hydroxylation sites is 1. The van der Waals surface area contributed by atoms with Gasteiger partial charge in [0.05, 0.1) is 0 Å². The summed E-state index contributed by atoms with van der Waals surface area (Å²) in [4.78, 5) is 0. The van der Waals surface area contributed by atoms with Crippen molar-refractivity contribution in [3.8, 4) is 11.7 Å². The number of hydrogen-bond acceptors (Lipinski definition) is 4. The fraction of sp³-hybridized carbons (Fsp3) is 0.417. The fourth-order valence-electron chi connectivity index (χ4n) is 1.80. The normalized spacial score (nSPS) is 16.6. The third kappa shape index (κ3) is 3.42. The van der Waals surface area contributed by atoms with Crippen molar-refractivity contribution in [2.45, 2.75) is 19.6 Å². The van der Waals surface area contributed by atoms with E-state index >= 15 is 0 Å². The molecule has 0 spiro atoms. The first-order valence-corrected chi connectivity index (χ1v) is 6.54. The van der Waals surface area contributed by atoms with Crippen LogP contribution in [0.1, 0.15) is 5.56 Å². The first-order chi connectivity index (χ1) is 8.29. The van der Waals surface area contributed by atoms with E-state index in [-0.39, 0.29) is 6.71 Å². The molecule has 3 nitrogen and oxygen atoms in total. The zero-order chi connectivity index (χ0) is 12.1. The Hall–Kier alpha value is -1.12. The lowest BCUT2D eigenvalue weighted by Gasteiger charge is -2.25. The van der Waals surface area contributed by atoms with E-state index in [1.54, 1.807) is 0 Å². The minimum Gasteiger partial charge on any atom is -0.409 e. The van der Waals surface area contributed by atoms with E-state index in [0.717, 1.165) is 37.0 Å². The number of nitriles is 1. The molecule has 1 saturated heterocycles. The van der Waals surface area contributed by atoms with Crippen LogP contribution in [0, 0.1) is 18.2 Å². The third-order valence-electron chi connectivity index (χ3n) is 2.96. The predicted octanol–water partition coefficient (Wildman–Crippen LogP) is 2.81. The van der Waals surface area contributed by atoms with Crippen molar-refractivity contribution >= 4 is 18.9 Å². The second-order valence-corrected chi connectivity index (χ2v) is 5.09. The van der Waals surface area contributed by atoms with Gasteiger partial charge in [-0.1, -0.05) is 18.2 Å². The lowest BCUT2D eigenvalue weighted by molar-refractivity contribution is 0.465. The van der Waals surface area contributed by atoms with Gasteiger partial charge in [-0.2, -0.15) is 0 Å². The topological polar surface area (TPSA) is 36.3 Å². The molecule has 0 aromatic heterocycles. The molecule has 1 aliphatic heterocycles. The van der Waals surface area contributed by atoms with Crippen LogP contribution in [0.2, 0.25) is 12.6 Å². The summed E-state index contributed by atoms with van der Waals surface area (Å²) < 4.78 is 7.89. The molecule has 0 bridgehead atoms. The van der Waals surface area contributed by atoms with Gasteiger partial charge in [0.25, 0.3) is 6.71 Å². The lowest BCUT2D eigenvalue weighted by atomic mass is 9.45. The molecule has 5 heteroatoms. The Balaban J connectivity index is 1.80. The van der Waals surface area contributed by atoms with Crippen LogP contribution in [0.3, 0.4) is 0 Å². The van der Waals surface area contributed by atoms with Crippen molar-refractivity contribution < 1.29 is 4.18 Å². The molecule has 1 fully saturated rings. The molecular weight excluding hydrogens is 231 g/mol. The second-order valence-electron chi connectivity index (χ2n) is 4.26. The molecule has 0 aliphatic carbocycles. The Bertz CT molecular complexity index is 413. The van der Waals surface area contributed by atoms with Gasteiger partial charge in [-0.25, -0.2) is 9.57 Å². The molecule has 0 atom stereocenters. The molecule has 88 valence electrons. The zero-order valence-electron chi connectivity index (χ0n) is 9.93. The van der Waals surface area contributed by atoms with Gasteiger partial charge in [0.15, 0.2) is 0 Å². The zero-order valence-corrected chi connectivity index (χ0v) is 10.7. The van der Waals surface area contributed by atoms with E-state index in [0.29, 0.717) is 0 Å². The highest BCUT2D eigenvalue weighted by Crippen LogP contribution is 2.25. The van der Waals surface area contributed by atoms with E-state index in [9.17, 15) is 0 Å². The minimum atomic E-state index is 0.227. The first kappa shape index (κ1) is 12.3. The van der Waals surface area contributed by atoms with Crippen LogP contribution < -0.4 is 4.18 Å². The van der Waals surface area contributed by atoms with E-state index in [2.05, 4.69) is 10.3 Å². The van der Waals surface area contributed by atoms with Crippen LogP contribution in [-0.2, 0) is 0 Å². The van der Waals surface area contributed by atoms with Crippen molar-refractivity contribution in [2.75, 3.05) is 13.1 Å². The monoisotopic (exact) mass is 246 g/mol. The van der Waals surface area contributed by atoms with Gasteiger partial charge >= 0.3 is 0 Å². The first-order valence-electron chi connectivity index (χ1n) is 5.84. The van der Waals surface area contributed by atoms with Crippen LogP contribution >= 0.6 is 12.2 Å². The minimum absolute atomic E-state index is 0.227. The van der Waals surface area contributed by atoms with Crippen molar-refractivity contribution in [3.63, 3.8) is 0 Å². The van der Waals surface area contributed by atoms with Crippen molar-refractivity contribution in [1.82, 2.24) is 4.31 Å². The Kier molecular flexibility index (Phi) is 4.35. The maximum atomic E-state index is 8.82. The summed E-state index contributed by atoms with van der Waals surface area (Å²) in [5.41, 5.74) is 1.15. The Morgan fingerprint density at radius 3 is 2.71 bits per heavy atom. The fourth-order valence-corrected chi connectivity index (χ4v) is 2.53. The summed E-state index contributed by atoms with van der Waals surface area (Å²) in [6.45, 7) is 4.12. The van der Waals surface area contributed by atoms with Gasteiger partial charge in [0.2, 0.25) is 0 Å². The van der Waals surface area contributed by atoms with E-state index < -0.39 is 0 Å². The standard InChI is InChI=1S/C12H15BN2OS/c1-11-4-2-3-5-12(11)16-17-15-8-6-13(10-14)7-9-15/h2-5H,6-9H2,1H3. The Morgan fingerprint density at radius 1 is 1.35 bits per heavy atom. The van der Waals surface area contributed by atoms with Gasteiger partial charge in [0, 0.05) is 19.1 Å². The van der Waals surface area contributed by atoms with Crippen LogP contribution in [0.4, 0.5) is 0 Å². The van der Waals surface area contributed by atoms with Gasteiger partial charge in [0.1, 0.15) is 18.0 Å². The average Bonchev–Trinajstić information content (AvgIpc) is 2.38. The van der Waals surface area contributed by atoms with E-state index in [1.165, 1.54) is 12.2 Å². The molecule has 1 aromatic rings. The van der Waals surface area contributed by atoms with E-state index in [1.807, 2.05) is 31.2 Å². The molecule has 0 amide bonds. The average molecular weight is 246 g/mol. The maximum Gasteiger partial charge on any atom is 0.270 e. The molecular formula is C12H15BN2OS. The highest BCUT2D eigenvalue weighted by molar-refractivity contribution is 7.92. The molecule has 1 heterocycles. The summed E-state index contributed by atoms with van der Waals surface area (Å²) in [6, 6.07) is 8.00. The lowest BCUT2D eigenvalue weighted by Crippen LogP contribution is -2.32. The SMILES string of the molecule is Cc1ccccc1OSN1CCB(C#N)CC1. The largest absolute Gasteiger partial charge is 0.409 e. The molecule has 0 unspecified atom stereocenters. The molecule has 1 aromatic carbocycles. The summed E-state index contributed by atoms with van der Waals surface area (Å²) in [5, 5.41) is 8.82. The van der Waals surface area contributed by atoms with Crippen molar-refractivity contribution in [2.24, 2.45) is 0 Å². The smallest absolute Gasteiger partial charge is 0.270 e. The third-order valence-corrected chi connectivity index (χ3v) is 3.79. The number of rotatable bonds is 3. The van der Waals surface area contributed by atoms with Crippen LogP contribution in [0.5, 0.6) is 5.75 Å². The number of hydrogen-bond donors (Lipinski definition) is 0. The summed E-state index contributed by atoms with van der Waals surface area (Å²) in [5.74, 6) is 3.25. The Labute approximate surface area is 107 Å². The quantitative estimate of drug-likeness (QED) is 0.466. The molecule has 17 heavy (non-hydrogen) atoms. The summed E-state index contributed by atoms with van der Waals surface area (Å²) in [6.07, 6.45) is 1.89. The predicted molar refractivity (Wildman–Crippen MR) is 72.0 cm³/mol. The molecule has 0 radical (unpaired) electrons.